The molecule has 2 aromatic rings. The smallest absolute Gasteiger partial charge is 0.318 e. The fraction of sp³-hybridized carbons (Fsp3) is 0.364. The zero-order valence-corrected chi connectivity index (χ0v) is 15.4. The van der Waals surface area contributed by atoms with Gasteiger partial charge in [0, 0.05) is 26.2 Å². The van der Waals surface area contributed by atoms with Gasteiger partial charge in [-0.15, -0.1) is 0 Å². The van der Waals surface area contributed by atoms with Gasteiger partial charge >= 0.3 is 6.03 Å². The maximum Gasteiger partial charge on any atom is 0.318 e. The van der Waals surface area contributed by atoms with Crippen molar-refractivity contribution in [3.63, 3.8) is 0 Å². The van der Waals surface area contributed by atoms with Crippen molar-refractivity contribution in [3.05, 3.63) is 65.2 Å². The normalized spacial score (nSPS) is 19.1. The first-order valence-corrected chi connectivity index (χ1v) is 9.63. The van der Waals surface area contributed by atoms with E-state index in [1.807, 2.05) is 29.2 Å². The second kappa shape index (κ2) is 7.71. The number of carbonyl (C=O) groups excluding carboxylic acids is 1. The van der Waals surface area contributed by atoms with Crippen molar-refractivity contribution >= 4 is 11.7 Å². The van der Waals surface area contributed by atoms with E-state index in [4.69, 9.17) is 0 Å². The summed E-state index contributed by atoms with van der Waals surface area (Å²) < 4.78 is 0. The molecule has 2 aromatic carbocycles. The topological polar surface area (TPSA) is 59.4 Å². The van der Waals surface area contributed by atoms with E-state index in [-0.39, 0.29) is 12.1 Å². The van der Waals surface area contributed by atoms with Crippen LogP contribution >= 0.6 is 0 Å². The van der Waals surface area contributed by atoms with Crippen LogP contribution in [0, 0.1) is 11.3 Å². The third-order valence-corrected chi connectivity index (χ3v) is 5.60. The third kappa shape index (κ3) is 3.61. The highest BCUT2D eigenvalue weighted by molar-refractivity contribution is 5.75. The van der Waals surface area contributed by atoms with E-state index < -0.39 is 0 Å². The minimum Gasteiger partial charge on any atom is -0.367 e. The molecule has 1 saturated heterocycles. The van der Waals surface area contributed by atoms with Crippen molar-refractivity contribution in [1.82, 2.24) is 10.2 Å². The Morgan fingerprint density at radius 1 is 1.04 bits per heavy atom. The van der Waals surface area contributed by atoms with Gasteiger partial charge in [-0.05, 0) is 42.5 Å². The van der Waals surface area contributed by atoms with Gasteiger partial charge in [-0.2, -0.15) is 5.26 Å². The van der Waals surface area contributed by atoms with Crippen molar-refractivity contribution in [1.29, 1.82) is 5.26 Å². The Labute approximate surface area is 160 Å². The lowest BCUT2D eigenvalue weighted by Crippen LogP contribution is -2.52. The molecule has 0 bridgehead atoms. The number of benzene rings is 2. The van der Waals surface area contributed by atoms with E-state index in [1.54, 1.807) is 0 Å². The number of piperazine rings is 1. The third-order valence-electron chi connectivity index (χ3n) is 5.60. The van der Waals surface area contributed by atoms with Crippen LogP contribution in [0.1, 0.15) is 35.6 Å². The zero-order chi connectivity index (χ0) is 18.6. The molecule has 1 unspecified atom stereocenters. The number of amides is 2. The van der Waals surface area contributed by atoms with Gasteiger partial charge in [0.1, 0.15) is 6.07 Å². The Kier molecular flexibility index (Phi) is 4.97. The van der Waals surface area contributed by atoms with Gasteiger partial charge in [-0.25, -0.2) is 4.79 Å². The summed E-state index contributed by atoms with van der Waals surface area (Å²) in [4.78, 5) is 16.9. The second-order valence-electron chi connectivity index (χ2n) is 7.20. The van der Waals surface area contributed by atoms with E-state index in [0.29, 0.717) is 18.7 Å². The van der Waals surface area contributed by atoms with Gasteiger partial charge in [0.25, 0.3) is 0 Å². The van der Waals surface area contributed by atoms with Gasteiger partial charge in [0.05, 0.1) is 17.3 Å². The van der Waals surface area contributed by atoms with Gasteiger partial charge in [0.2, 0.25) is 0 Å². The maximum atomic E-state index is 12.8. The molecule has 1 heterocycles. The number of carbonyl (C=O) groups is 1. The number of rotatable bonds is 2. The Bertz CT molecular complexity index is 865. The largest absolute Gasteiger partial charge is 0.367 e. The van der Waals surface area contributed by atoms with Crippen LogP contribution < -0.4 is 10.2 Å². The number of para-hydroxylation sites is 1. The van der Waals surface area contributed by atoms with Crippen LogP contribution in [-0.2, 0) is 6.42 Å². The Morgan fingerprint density at radius 3 is 2.59 bits per heavy atom. The lowest BCUT2D eigenvalue weighted by atomic mass is 9.88. The quantitative estimate of drug-likeness (QED) is 0.892. The Balaban J connectivity index is 1.38. The van der Waals surface area contributed by atoms with Gasteiger partial charge in [-0.3, -0.25) is 0 Å². The van der Waals surface area contributed by atoms with Crippen molar-refractivity contribution in [2.45, 2.75) is 25.3 Å². The summed E-state index contributed by atoms with van der Waals surface area (Å²) in [5.41, 5.74) is 4.26. The molecular formula is C22H24N4O. The molecule has 1 N–H and O–H groups in total. The molecule has 5 heteroatoms. The lowest BCUT2D eigenvalue weighted by Gasteiger charge is -2.37. The fourth-order valence-corrected chi connectivity index (χ4v) is 4.14. The molecule has 1 atom stereocenters. The average molecular weight is 360 g/mol. The van der Waals surface area contributed by atoms with Crippen LogP contribution in [-0.4, -0.2) is 37.1 Å². The predicted molar refractivity (Wildman–Crippen MR) is 106 cm³/mol. The van der Waals surface area contributed by atoms with Crippen LogP contribution in [0.4, 0.5) is 10.5 Å². The molecule has 4 rings (SSSR count). The number of fused-ring (bicyclic) bond motifs is 1. The summed E-state index contributed by atoms with van der Waals surface area (Å²) >= 11 is 0. The Morgan fingerprint density at radius 2 is 1.78 bits per heavy atom. The maximum absolute atomic E-state index is 12.8. The first kappa shape index (κ1) is 17.4. The molecule has 0 saturated carbocycles. The number of nitriles is 1. The number of urea groups is 1. The number of anilines is 1. The number of nitrogens with zero attached hydrogens (tertiary/aromatic N) is 3. The molecule has 27 heavy (non-hydrogen) atoms. The standard InChI is InChI=1S/C22H24N4O/c23-16-18-7-2-4-11-21(18)25-12-14-26(15-13-25)22(27)24-20-10-5-8-17-6-1-3-9-19(17)20/h1-4,6-7,9,11,20H,5,8,10,12-15H2,(H,24,27). The van der Waals surface area contributed by atoms with Crippen LogP contribution in [0.15, 0.2) is 48.5 Å². The predicted octanol–water partition coefficient (Wildman–Crippen LogP) is 3.47. The number of aryl methyl sites for hydroxylation is 1. The molecule has 1 aliphatic carbocycles. The molecule has 0 aromatic heterocycles. The van der Waals surface area contributed by atoms with E-state index in [1.165, 1.54) is 11.1 Å². The number of hydrogen-bond acceptors (Lipinski definition) is 3. The van der Waals surface area contributed by atoms with Crippen molar-refractivity contribution in [2.24, 2.45) is 0 Å². The zero-order valence-electron chi connectivity index (χ0n) is 15.4. The van der Waals surface area contributed by atoms with E-state index in [2.05, 4.69) is 40.6 Å². The van der Waals surface area contributed by atoms with E-state index >= 15 is 0 Å². The molecule has 2 amide bonds. The highest BCUT2D eigenvalue weighted by Gasteiger charge is 2.26. The molecule has 2 aliphatic rings. The van der Waals surface area contributed by atoms with Crippen LogP contribution in [0.25, 0.3) is 0 Å². The van der Waals surface area contributed by atoms with Crippen LogP contribution in [0.2, 0.25) is 0 Å². The molecule has 0 radical (unpaired) electrons. The van der Waals surface area contributed by atoms with Crippen LogP contribution in [0.3, 0.4) is 0 Å². The SMILES string of the molecule is N#Cc1ccccc1N1CCN(C(=O)NC2CCCc3ccccc32)CC1. The summed E-state index contributed by atoms with van der Waals surface area (Å²) in [5, 5.41) is 12.5. The van der Waals surface area contributed by atoms with Gasteiger partial charge in [-0.1, -0.05) is 36.4 Å². The highest BCUT2D eigenvalue weighted by Crippen LogP contribution is 2.29. The van der Waals surface area contributed by atoms with Crippen LogP contribution in [0.5, 0.6) is 0 Å². The average Bonchev–Trinajstić information content (AvgIpc) is 2.74. The molecule has 0 spiro atoms. The first-order valence-electron chi connectivity index (χ1n) is 9.63. The van der Waals surface area contributed by atoms with E-state index in [9.17, 15) is 10.1 Å². The number of hydrogen-bond donors (Lipinski definition) is 1. The molecule has 5 nitrogen and oxygen atoms in total. The summed E-state index contributed by atoms with van der Waals surface area (Å²) in [6.45, 7) is 2.82. The lowest BCUT2D eigenvalue weighted by molar-refractivity contribution is 0.189. The number of nitrogens with one attached hydrogen (secondary N) is 1. The highest BCUT2D eigenvalue weighted by atomic mass is 16.2. The Hall–Kier alpha value is -3.00. The molecule has 1 fully saturated rings. The molecule has 138 valence electrons. The fourth-order valence-electron chi connectivity index (χ4n) is 4.14. The molecule has 1 aliphatic heterocycles. The van der Waals surface area contributed by atoms with Gasteiger partial charge in [0.15, 0.2) is 0 Å². The minimum absolute atomic E-state index is 0.0184. The monoisotopic (exact) mass is 360 g/mol. The summed E-state index contributed by atoms with van der Waals surface area (Å²) in [6.07, 6.45) is 3.21. The summed E-state index contributed by atoms with van der Waals surface area (Å²) in [7, 11) is 0. The second-order valence-corrected chi connectivity index (χ2v) is 7.20. The van der Waals surface area contributed by atoms with Crippen molar-refractivity contribution < 1.29 is 4.79 Å². The molecular weight excluding hydrogens is 336 g/mol. The first-order chi connectivity index (χ1) is 13.3. The van der Waals surface area contributed by atoms with Gasteiger partial charge < -0.3 is 15.1 Å². The summed E-state index contributed by atoms with van der Waals surface area (Å²) in [5.74, 6) is 0. The minimum atomic E-state index is 0.0184. The van der Waals surface area contributed by atoms with E-state index in [0.717, 1.165) is 38.0 Å². The van der Waals surface area contributed by atoms with Crippen molar-refractivity contribution in [3.8, 4) is 6.07 Å². The summed E-state index contributed by atoms with van der Waals surface area (Å²) in [6, 6.07) is 18.5. The van der Waals surface area contributed by atoms with Crippen molar-refractivity contribution in [2.75, 3.05) is 31.1 Å².